The predicted molar refractivity (Wildman–Crippen MR) is 68.8 cm³/mol. The van der Waals surface area contributed by atoms with E-state index in [1.54, 1.807) is 12.1 Å². The van der Waals surface area contributed by atoms with Gasteiger partial charge < -0.3 is 0 Å². The number of hydrogen-bond donors (Lipinski definition) is 0. The first-order valence-electron chi connectivity index (χ1n) is 5.64. The van der Waals surface area contributed by atoms with Crippen molar-refractivity contribution in [2.45, 2.75) is 6.54 Å². The van der Waals surface area contributed by atoms with E-state index < -0.39 is 14.1 Å². The Balaban J connectivity index is 1.93. The zero-order valence-electron chi connectivity index (χ0n) is 9.58. The molecule has 3 nitrogen and oxygen atoms in total. The molecule has 0 spiro atoms. The summed E-state index contributed by atoms with van der Waals surface area (Å²) in [6, 6.07) is 16.8. The molecule has 1 aliphatic rings. The first-order valence-corrected chi connectivity index (χ1v) is 7.96. The molecule has 0 aliphatic carbocycles. The Labute approximate surface area is 109 Å². The number of rotatable bonds is 2. The standard InChI is InChI=1S/C14H11NO2Se/c16-14-12-8-4-5-9-13(12)18(17)15(14)10-11-6-2-1-3-7-11/h1-9H,10H2. The van der Waals surface area contributed by atoms with Crippen LogP contribution in [-0.2, 0) is 10.4 Å². The summed E-state index contributed by atoms with van der Waals surface area (Å²) in [5.74, 6) is -0.116. The van der Waals surface area contributed by atoms with E-state index in [4.69, 9.17) is 0 Å². The number of hydrogen-bond acceptors (Lipinski definition) is 2. The zero-order valence-corrected chi connectivity index (χ0v) is 11.3. The molecule has 0 saturated heterocycles. The van der Waals surface area contributed by atoms with E-state index in [-0.39, 0.29) is 5.91 Å². The van der Waals surface area contributed by atoms with Crippen molar-refractivity contribution in [3.8, 4) is 0 Å². The average Bonchev–Trinajstić information content (AvgIpc) is 2.66. The van der Waals surface area contributed by atoms with Gasteiger partial charge in [-0.3, -0.25) is 0 Å². The summed E-state index contributed by atoms with van der Waals surface area (Å²) >= 11 is -2.41. The molecule has 0 aromatic heterocycles. The van der Waals surface area contributed by atoms with Gasteiger partial charge in [-0.2, -0.15) is 0 Å². The summed E-state index contributed by atoms with van der Waals surface area (Å²) in [5, 5.41) is 0. The van der Waals surface area contributed by atoms with Crippen LogP contribution in [0.15, 0.2) is 54.6 Å². The van der Waals surface area contributed by atoms with Crippen LogP contribution in [0.3, 0.4) is 0 Å². The maximum absolute atomic E-state index is 12.3. The Bertz CT molecular complexity index is 590. The van der Waals surface area contributed by atoms with Gasteiger partial charge in [0.2, 0.25) is 0 Å². The molecule has 3 rings (SSSR count). The molecular formula is C14H11NO2Se. The van der Waals surface area contributed by atoms with E-state index in [0.29, 0.717) is 16.6 Å². The molecular weight excluding hydrogens is 293 g/mol. The van der Waals surface area contributed by atoms with Crippen LogP contribution in [-0.4, -0.2) is 23.9 Å². The summed E-state index contributed by atoms with van der Waals surface area (Å²) in [4.78, 5) is 12.2. The predicted octanol–water partition coefficient (Wildman–Crippen LogP) is 1.47. The molecule has 18 heavy (non-hydrogen) atoms. The van der Waals surface area contributed by atoms with Gasteiger partial charge in [0.25, 0.3) is 0 Å². The maximum atomic E-state index is 12.3. The van der Waals surface area contributed by atoms with Gasteiger partial charge in [0, 0.05) is 0 Å². The molecule has 2 aromatic rings. The molecule has 1 aliphatic heterocycles. The summed E-state index contributed by atoms with van der Waals surface area (Å²) in [6.45, 7) is 0.419. The van der Waals surface area contributed by atoms with Gasteiger partial charge >= 0.3 is 109 Å². The second-order valence-electron chi connectivity index (χ2n) is 4.07. The summed E-state index contributed by atoms with van der Waals surface area (Å²) in [7, 11) is 0. The summed E-state index contributed by atoms with van der Waals surface area (Å²) in [5.41, 5.74) is 1.59. The Kier molecular flexibility index (Phi) is 2.82. The number of benzene rings is 2. The monoisotopic (exact) mass is 305 g/mol. The Hall–Kier alpha value is -1.77. The normalized spacial score (nSPS) is 17.9. The Morgan fingerprint density at radius 1 is 0.944 bits per heavy atom. The van der Waals surface area contributed by atoms with Crippen LogP contribution in [0.5, 0.6) is 0 Å². The fourth-order valence-electron chi connectivity index (χ4n) is 2.00. The topological polar surface area (TPSA) is 37.4 Å². The molecule has 1 heterocycles. The van der Waals surface area contributed by atoms with Gasteiger partial charge in [-0.1, -0.05) is 0 Å². The molecule has 4 heteroatoms. The third-order valence-electron chi connectivity index (χ3n) is 2.90. The van der Waals surface area contributed by atoms with Crippen molar-refractivity contribution in [3.05, 3.63) is 65.7 Å². The second kappa shape index (κ2) is 4.48. The van der Waals surface area contributed by atoms with Crippen LogP contribution in [0, 0.1) is 0 Å². The van der Waals surface area contributed by atoms with Crippen LogP contribution in [0.4, 0.5) is 0 Å². The number of amides is 1. The number of fused-ring (bicyclic) bond motifs is 1. The van der Waals surface area contributed by atoms with Crippen molar-refractivity contribution in [1.82, 2.24) is 3.92 Å². The van der Waals surface area contributed by atoms with Crippen LogP contribution in [0.2, 0.25) is 0 Å². The SMILES string of the molecule is O=C1c2ccccc2[Se](=O)N1Cc1ccccc1. The Morgan fingerprint density at radius 3 is 2.33 bits per heavy atom. The average molecular weight is 304 g/mol. The van der Waals surface area contributed by atoms with Crippen LogP contribution >= 0.6 is 0 Å². The minimum atomic E-state index is -2.41. The van der Waals surface area contributed by atoms with Crippen molar-refractivity contribution in [2.75, 3.05) is 0 Å². The van der Waals surface area contributed by atoms with Crippen molar-refractivity contribution in [2.24, 2.45) is 0 Å². The van der Waals surface area contributed by atoms with Gasteiger partial charge in [0.1, 0.15) is 0 Å². The van der Waals surface area contributed by atoms with Gasteiger partial charge in [0.05, 0.1) is 0 Å². The third kappa shape index (κ3) is 1.80. The van der Waals surface area contributed by atoms with Gasteiger partial charge in [-0.15, -0.1) is 0 Å². The van der Waals surface area contributed by atoms with E-state index in [1.807, 2.05) is 42.5 Å². The fraction of sp³-hybridized carbons (Fsp3) is 0.0714. The van der Waals surface area contributed by atoms with Gasteiger partial charge in [-0.25, -0.2) is 0 Å². The van der Waals surface area contributed by atoms with Crippen molar-refractivity contribution < 1.29 is 8.63 Å². The molecule has 90 valence electrons. The van der Waals surface area contributed by atoms with E-state index in [2.05, 4.69) is 0 Å². The number of carbonyl (C=O) groups is 1. The molecule has 2 aromatic carbocycles. The van der Waals surface area contributed by atoms with E-state index in [1.165, 1.54) is 3.92 Å². The molecule has 0 N–H and O–H groups in total. The molecule has 1 unspecified atom stereocenters. The van der Waals surface area contributed by atoms with Gasteiger partial charge in [0.15, 0.2) is 0 Å². The molecule has 1 amide bonds. The molecule has 0 fully saturated rings. The molecule has 0 radical (unpaired) electrons. The number of nitrogens with zero attached hydrogens (tertiary/aromatic N) is 1. The summed E-state index contributed by atoms with van der Waals surface area (Å²) < 4.78 is 14.5. The molecule has 1 atom stereocenters. The van der Waals surface area contributed by atoms with Gasteiger partial charge in [-0.05, 0) is 0 Å². The van der Waals surface area contributed by atoms with Crippen molar-refractivity contribution >= 4 is 24.4 Å². The molecule has 0 bridgehead atoms. The van der Waals surface area contributed by atoms with Crippen LogP contribution in [0.25, 0.3) is 0 Å². The van der Waals surface area contributed by atoms with Crippen LogP contribution in [0.1, 0.15) is 15.9 Å². The van der Waals surface area contributed by atoms with Crippen molar-refractivity contribution in [1.29, 1.82) is 0 Å². The van der Waals surface area contributed by atoms with Crippen molar-refractivity contribution in [3.63, 3.8) is 0 Å². The molecule has 0 saturated carbocycles. The number of carbonyl (C=O) groups excluding carboxylic acids is 1. The third-order valence-corrected chi connectivity index (χ3v) is 5.90. The van der Waals surface area contributed by atoms with E-state index in [9.17, 15) is 8.63 Å². The quantitative estimate of drug-likeness (QED) is 0.788. The minimum absolute atomic E-state index is 0.116. The second-order valence-corrected chi connectivity index (χ2v) is 6.97. The first-order chi connectivity index (χ1) is 8.77. The summed E-state index contributed by atoms with van der Waals surface area (Å²) in [6.07, 6.45) is 0. The van der Waals surface area contributed by atoms with E-state index in [0.717, 1.165) is 5.56 Å². The van der Waals surface area contributed by atoms with Crippen LogP contribution < -0.4 is 4.46 Å². The zero-order chi connectivity index (χ0) is 12.5. The van der Waals surface area contributed by atoms with E-state index >= 15 is 0 Å². The first kappa shape index (κ1) is 11.3. The Morgan fingerprint density at radius 2 is 1.61 bits per heavy atom. The fourth-order valence-corrected chi connectivity index (χ4v) is 4.71.